The van der Waals surface area contributed by atoms with Crippen molar-refractivity contribution in [1.82, 2.24) is 0 Å². The molecule has 0 spiro atoms. The fourth-order valence-corrected chi connectivity index (χ4v) is 1.31. The summed E-state index contributed by atoms with van der Waals surface area (Å²) in [5, 5.41) is 0. The summed E-state index contributed by atoms with van der Waals surface area (Å²) in [7, 11) is 0. The zero-order valence-electron chi connectivity index (χ0n) is 5.02. The Kier molecular flexibility index (Phi) is 3.69. The summed E-state index contributed by atoms with van der Waals surface area (Å²) in [5.74, 6) is 0. The van der Waals surface area contributed by atoms with Gasteiger partial charge in [0.05, 0.1) is 0 Å². The maximum atomic E-state index is 2.26. The molecule has 0 N–H and O–H groups in total. The molecule has 53 valence electrons. The van der Waals surface area contributed by atoms with Crippen molar-refractivity contribution in [3.8, 4) is 0 Å². The first-order valence-corrected chi connectivity index (χ1v) is 2.82. The number of hydrogen-bond donors (Lipinski definition) is 0. The van der Waals surface area contributed by atoms with Gasteiger partial charge in [0.15, 0.2) is 0 Å². The van der Waals surface area contributed by atoms with Gasteiger partial charge in [-0.2, -0.15) is 0 Å². The van der Waals surface area contributed by atoms with E-state index in [0.29, 0.717) is 0 Å². The average molecular weight is 232 g/mol. The second kappa shape index (κ2) is 3.53. The van der Waals surface area contributed by atoms with Crippen LogP contribution < -0.4 is 0 Å². The largest absolute Gasteiger partial charge is 0.147 e. The molecular weight excluding hydrogens is 222 g/mol. The van der Waals surface area contributed by atoms with E-state index in [9.17, 15) is 0 Å². The molecule has 0 aromatic carbocycles. The van der Waals surface area contributed by atoms with E-state index in [2.05, 4.69) is 12.2 Å². The Labute approximate surface area is 74.6 Å². The van der Waals surface area contributed by atoms with Crippen molar-refractivity contribution in [1.29, 1.82) is 0 Å². The number of allylic oxidation sites excluding steroid dienone is 4. The van der Waals surface area contributed by atoms with Gasteiger partial charge in [-0.1, -0.05) is 23.3 Å². The molecule has 9 heavy (non-hydrogen) atoms. The molecule has 0 atom stereocenters. The van der Waals surface area contributed by atoms with Gasteiger partial charge in [0.1, 0.15) is 0 Å². The second-order valence-electron chi connectivity index (χ2n) is 2.33. The molecule has 0 aromatic heterocycles. The Bertz CT molecular complexity index is 140. The van der Waals surface area contributed by atoms with Crippen LogP contribution in [0.15, 0.2) is 23.3 Å². The average Bonchev–Trinajstić information content (AvgIpc) is 2.22. The van der Waals surface area contributed by atoms with Crippen LogP contribution in [0.25, 0.3) is 0 Å². The van der Waals surface area contributed by atoms with Crippen LogP contribution >= 0.6 is 12.4 Å². The van der Waals surface area contributed by atoms with E-state index in [-0.39, 0.29) is 31.9 Å². The summed E-state index contributed by atoms with van der Waals surface area (Å²) in [5.41, 5.74) is 3.30. The number of rotatable bonds is 0. The van der Waals surface area contributed by atoms with Crippen molar-refractivity contribution in [2.75, 3.05) is 0 Å². The minimum atomic E-state index is 0. The van der Waals surface area contributed by atoms with E-state index in [0.717, 1.165) is 0 Å². The predicted molar refractivity (Wildman–Crippen MR) is 37.3 cm³/mol. The summed E-state index contributed by atoms with van der Waals surface area (Å²) in [6.07, 6.45) is 8.54. The maximum absolute atomic E-state index is 2.26. The molecule has 0 aliphatic heterocycles. The SMILES string of the molecule is C1=C2CCC(=C1)C2.Cl.[Rh]. The van der Waals surface area contributed by atoms with Gasteiger partial charge < -0.3 is 0 Å². The third kappa shape index (κ3) is 1.66. The normalized spacial score (nSPS) is 19.6. The molecule has 0 saturated heterocycles. The van der Waals surface area contributed by atoms with Gasteiger partial charge in [0, 0.05) is 19.5 Å². The van der Waals surface area contributed by atoms with Crippen LogP contribution in [0.5, 0.6) is 0 Å². The van der Waals surface area contributed by atoms with Crippen LogP contribution in [0.2, 0.25) is 0 Å². The fourth-order valence-electron chi connectivity index (χ4n) is 1.31. The van der Waals surface area contributed by atoms with Gasteiger partial charge in [0.2, 0.25) is 0 Å². The molecule has 0 unspecified atom stereocenters. The van der Waals surface area contributed by atoms with Gasteiger partial charge in [0.25, 0.3) is 0 Å². The van der Waals surface area contributed by atoms with Crippen LogP contribution in [-0.2, 0) is 19.5 Å². The number of fused-ring (bicyclic) bond motifs is 2. The van der Waals surface area contributed by atoms with Crippen LogP contribution in [0.4, 0.5) is 0 Å². The molecule has 1 fully saturated rings. The molecule has 0 aromatic rings. The Hall–Kier alpha value is 0.393. The molecule has 2 bridgehead atoms. The summed E-state index contributed by atoms with van der Waals surface area (Å²) in [6, 6.07) is 0. The first-order chi connectivity index (χ1) is 3.45. The zero-order chi connectivity index (χ0) is 4.69. The van der Waals surface area contributed by atoms with Gasteiger partial charge in [-0.3, -0.25) is 0 Å². The maximum Gasteiger partial charge on any atom is 0 e. The van der Waals surface area contributed by atoms with Gasteiger partial charge in [-0.15, -0.1) is 12.4 Å². The Morgan fingerprint density at radius 2 is 1.44 bits per heavy atom. The summed E-state index contributed by atoms with van der Waals surface area (Å²) in [4.78, 5) is 0. The standard InChI is InChI=1S/C7H8.ClH.Rh/c1-2-7-4-3-6(1)5-7;;/h1-2H,3-5H2;1H;. The first-order valence-electron chi connectivity index (χ1n) is 2.82. The van der Waals surface area contributed by atoms with E-state index < -0.39 is 0 Å². The summed E-state index contributed by atoms with van der Waals surface area (Å²) in [6.45, 7) is 0. The van der Waals surface area contributed by atoms with Crippen molar-refractivity contribution in [3.05, 3.63) is 23.3 Å². The molecule has 2 rings (SSSR count). The zero-order valence-corrected chi connectivity index (χ0v) is 7.47. The second-order valence-corrected chi connectivity index (χ2v) is 2.33. The Morgan fingerprint density at radius 3 is 1.56 bits per heavy atom. The first kappa shape index (κ1) is 9.39. The Balaban J connectivity index is 0.000000320. The molecule has 2 heteroatoms. The van der Waals surface area contributed by atoms with Gasteiger partial charge >= 0.3 is 0 Å². The third-order valence-electron chi connectivity index (χ3n) is 1.78. The molecule has 0 heterocycles. The minimum absolute atomic E-state index is 0. The van der Waals surface area contributed by atoms with Crippen LogP contribution in [-0.4, -0.2) is 0 Å². The molecule has 2 aliphatic rings. The van der Waals surface area contributed by atoms with E-state index in [1.165, 1.54) is 19.3 Å². The minimum Gasteiger partial charge on any atom is -0.147 e. The fraction of sp³-hybridized carbons (Fsp3) is 0.429. The smallest absolute Gasteiger partial charge is 0 e. The van der Waals surface area contributed by atoms with Crippen LogP contribution in [0, 0.1) is 0 Å². The molecule has 1 radical (unpaired) electrons. The van der Waals surface area contributed by atoms with Crippen LogP contribution in [0.1, 0.15) is 19.3 Å². The predicted octanol–water partition coefficient (Wildman–Crippen LogP) is 2.46. The van der Waals surface area contributed by atoms with E-state index in [1.54, 1.807) is 11.1 Å². The summed E-state index contributed by atoms with van der Waals surface area (Å²) >= 11 is 0. The van der Waals surface area contributed by atoms with E-state index in [4.69, 9.17) is 0 Å². The molecule has 0 nitrogen and oxygen atoms in total. The summed E-state index contributed by atoms with van der Waals surface area (Å²) < 4.78 is 0. The van der Waals surface area contributed by atoms with Crippen LogP contribution in [0.3, 0.4) is 0 Å². The van der Waals surface area contributed by atoms with E-state index in [1.807, 2.05) is 0 Å². The van der Waals surface area contributed by atoms with Crippen molar-refractivity contribution in [2.24, 2.45) is 0 Å². The molecule has 2 aliphatic carbocycles. The molecule has 1 saturated carbocycles. The monoisotopic (exact) mass is 231 g/mol. The van der Waals surface area contributed by atoms with Gasteiger partial charge in [-0.25, -0.2) is 0 Å². The van der Waals surface area contributed by atoms with Crippen molar-refractivity contribution in [2.45, 2.75) is 19.3 Å². The van der Waals surface area contributed by atoms with Crippen molar-refractivity contribution >= 4 is 12.4 Å². The van der Waals surface area contributed by atoms with Crippen molar-refractivity contribution < 1.29 is 19.5 Å². The number of halogens is 1. The van der Waals surface area contributed by atoms with Gasteiger partial charge in [-0.05, 0) is 19.3 Å². The third-order valence-corrected chi connectivity index (χ3v) is 1.78. The molecular formula is C7H9ClRh. The van der Waals surface area contributed by atoms with E-state index >= 15 is 0 Å². The molecule has 0 amide bonds. The Morgan fingerprint density at radius 1 is 1.00 bits per heavy atom. The number of hydrogen-bond acceptors (Lipinski definition) is 0. The van der Waals surface area contributed by atoms with Crippen molar-refractivity contribution in [3.63, 3.8) is 0 Å². The topological polar surface area (TPSA) is 0 Å². The quantitative estimate of drug-likeness (QED) is 0.562.